The number of hydrogen-bond acceptors (Lipinski definition) is 13. The standard InChI is InChI=1S/C47H62N8O10S2/c1-28(2)55-35-19-15-17-33(41-48-31(27-66-41)22-29-20-21-37(62-8)38(23-29)63-9)39(35)50-44(55)64-32-24-36-40(56)51-47(43(58)52-67(60,61)53(6)7)25-30(47)16-13-11-10-12-14-18-34(42(57)54(36)26-32)49-45(59)65-46(3,4)5/h13,15-17,19-21,23,27-28,30,32,34,36H,10-12,14,18,22,24-26H2,1-9H3,(H,49,59)(H,51,56)(H,52,58)/b16-13-/t30-,32+,34-,36-,47+/m0/s1. The van der Waals surface area contributed by atoms with Gasteiger partial charge in [0.1, 0.15) is 39.9 Å². The molecule has 1 aliphatic carbocycles. The highest BCUT2D eigenvalue weighted by molar-refractivity contribution is 7.87. The lowest BCUT2D eigenvalue weighted by atomic mass is 10.0. The number of nitrogens with one attached hydrogen (secondary N) is 3. The van der Waals surface area contributed by atoms with Crippen LogP contribution in [0, 0.1) is 5.92 Å². The van der Waals surface area contributed by atoms with Crippen LogP contribution in [0.25, 0.3) is 21.6 Å². The SMILES string of the molecule is COc1ccc(Cc2csc(-c3cccc4c3nc(O[C@@H]3C[C@H]5C(=O)N[C@]6(C(=O)NS(=O)(=O)N(C)C)C[C@@H]6/C=C\CCCCC[C@H](NC(=O)OC(C)(C)C)C(=O)N5C3)n4C(C)C)n2)cc1OC. The summed E-state index contributed by atoms with van der Waals surface area (Å²) in [5.41, 5.74) is 1.73. The fourth-order valence-corrected chi connectivity index (χ4v) is 10.1. The Balaban J connectivity index is 1.21. The van der Waals surface area contributed by atoms with Crippen LogP contribution in [0.4, 0.5) is 4.79 Å². The number of nitrogens with zero attached hydrogens (tertiary/aromatic N) is 5. The smallest absolute Gasteiger partial charge is 0.408 e. The zero-order valence-corrected chi connectivity index (χ0v) is 41.2. The zero-order chi connectivity index (χ0) is 48.4. The highest BCUT2D eigenvalue weighted by atomic mass is 32.2. The van der Waals surface area contributed by atoms with E-state index >= 15 is 0 Å². The second-order valence-corrected chi connectivity index (χ2v) is 21.5. The van der Waals surface area contributed by atoms with Crippen LogP contribution in [-0.2, 0) is 35.8 Å². The van der Waals surface area contributed by atoms with E-state index in [2.05, 4.69) is 15.4 Å². The second-order valence-electron chi connectivity index (χ2n) is 18.8. The number of carbonyl (C=O) groups is 4. The molecule has 0 spiro atoms. The summed E-state index contributed by atoms with van der Waals surface area (Å²) in [4.78, 5) is 67.9. The lowest BCUT2D eigenvalue weighted by Gasteiger charge is -2.30. The topological polar surface area (TPSA) is 213 Å². The Morgan fingerprint density at radius 2 is 1.81 bits per heavy atom. The summed E-state index contributed by atoms with van der Waals surface area (Å²) in [6.45, 7) is 9.15. The predicted octanol–water partition coefficient (Wildman–Crippen LogP) is 5.91. The van der Waals surface area contributed by atoms with E-state index in [1.54, 1.807) is 35.0 Å². The van der Waals surface area contributed by atoms with Crippen molar-refractivity contribution in [2.24, 2.45) is 5.92 Å². The average Bonchev–Trinajstić information content (AvgIpc) is 3.58. The number of rotatable bonds is 12. The molecule has 1 saturated heterocycles. The normalized spacial score (nSPS) is 23.1. The number of thiazole rings is 1. The molecule has 0 unspecified atom stereocenters. The highest BCUT2D eigenvalue weighted by Gasteiger charge is 2.62. The van der Waals surface area contributed by atoms with Crippen molar-refractivity contribution >= 4 is 56.4 Å². The summed E-state index contributed by atoms with van der Waals surface area (Å²) in [5.74, 6) is -1.27. The number of para-hydroxylation sites is 1. The molecule has 3 aliphatic rings. The van der Waals surface area contributed by atoms with E-state index in [0.717, 1.165) is 44.5 Å². The third-order valence-electron chi connectivity index (χ3n) is 12.1. The first-order valence-electron chi connectivity index (χ1n) is 22.6. The maximum atomic E-state index is 14.8. The number of ether oxygens (including phenoxy) is 4. The Labute approximate surface area is 395 Å². The van der Waals surface area contributed by atoms with E-state index in [-0.39, 0.29) is 37.9 Å². The van der Waals surface area contributed by atoms with Gasteiger partial charge in [0.05, 0.1) is 32.0 Å². The number of methoxy groups -OCH3 is 2. The molecule has 0 radical (unpaired) electrons. The quantitative estimate of drug-likeness (QED) is 0.142. The summed E-state index contributed by atoms with van der Waals surface area (Å²) in [5, 5.41) is 8.44. The van der Waals surface area contributed by atoms with E-state index in [1.165, 1.54) is 30.3 Å². The van der Waals surface area contributed by atoms with Gasteiger partial charge in [-0.25, -0.2) is 14.5 Å². The fourth-order valence-electron chi connectivity index (χ4n) is 8.63. The number of aromatic nitrogens is 3. The summed E-state index contributed by atoms with van der Waals surface area (Å²) in [6.07, 6.45) is 6.02. The minimum Gasteiger partial charge on any atom is -0.493 e. The van der Waals surface area contributed by atoms with E-state index in [1.807, 2.05) is 72.3 Å². The fraction of sp³-hybridized carbons (Fsp3) is 0.532. The van der Waals surface area contributed by atoms with E-state index in [0.29, 0.717) is 36.3 Å². The number of imidazole rings is 1. The molecule has 4 heterocycles. The second kappa shape index (κ2) is 19.9. The summed E-state index contributed by atoms with van der Waals surface area (Å²) >= 11 is 1.50. The lowest BCUT2D eigenvalue weighted by Crippen LogP contribution is -2.58. The number of allylic oxidation sites excluding steroid dienone is 1. The van der Waals surface area contributed by atoms with Gasteiger partial charge in [-0.15, -0.1) is 11.3 Å². The largest absolute Gasteiger partial charge is 0.493 e. The van der Waals surface area contributed by atoms with Crippen molar-refractivity contribution in [2.45, 2.75) is 121 Å². The van der Waals surface area contributed by atoms with E-state index in [9.17, 15) is 27.6 Å². The Kier molecular flexibility index (Phi) is 14.6. The third-order valence-corrected chi connectivity index (χ3v) is 14.5. The molecule has 0 bridgehead atoms. The molecule has 2 aliphatic heterocycles. The average molecular weight is 963 g/mol. The monoisotopic (exact) mass is 962 g/mol. The molecule has 4 amide bonds. The Bertz CT molecular complexity index is 2640. The highest BCUT2D eigenvalue weighted by Crippen LogP contribution is 2.46. The summed E-state index contributed by atoms with van der Waals surface area (Å²) < 4.78 is 53.9. The van der Waals surface area contributed by atoms with Crippen LogP contribution < -0.4 is 29.6 Å². The minimum absolute atomic E-state index is 0.00504. The maximum absolute atomic E-state index is 14.8. The number of benzene rings is 2. The molecule has 4 aromatic rings. The van der Waals surface area contributed by atoms with Crippen LogP contribution in [0.3, 0.4) is 0 Å². The molecular formula is C47H62N8O10S2. The number of hydrogen-bond donors (Lipinski definition) is 3. The zero-order valence-electron chi connectivity index (χ0n) is 39.6. The van der Waals surface area contributed by atoms with Gasteiger partial charge in [-0.2, -0.15) is 17.7 Å². The van der Waals surface area contributed by atoms with Crippen molar-refractivity contribution in [1.29, 1.82) is 0 Å². The van der Waals surface area contributed by atoms with Gasteiger partial charge in [0.25, 0.3) is 11.9 Å². The molecular weight excluding hydrogens is 901 g/mol. The number of alkyl carbamates (subject to hydrolysis) is 1. The van der Waals surface area contributed by atoms with Crippen molar-refractivity contribution in [3.05, 3.63) is 65.2 Å². The Hall–Kier alpha value is -5.73. The van der Waals surface area contributed by atoms with Crippen molar-refractivity contribution in [1.82, 2.24) is 39.1 Å². The first-order valence-corrected chi connectivity index (χ1v) is 24.9. The van der Waals surface area contributed by atoms with Crippen LogP contribution in [0.2, 0.25) is 0 Å². The molecule has 2 aromatic carbocycles. The summed E-state index contributed by atoms with van der Waals surface area (Å²) in [6, 6.07) is 9.60. The first-order chi connectivity index (χ1) is 31.7. The molecule has 5 atom stereocenters. The molecule has 2 fully saturated rings. The van der Waals surface area contributed by atoms with E-state index < -0.39 is 69.3 Å². The molecule has 18 nitrogen and oxygen atoms in total. The molecule has 362 valence electrons. The lowest BCUT2D eigenvalue weighted by molar-refractivity contribution is -0.141. The van der Waals surface area contributed by atoms with Gasteiger partial charge in [0.2, 0.25) is 11.8 Å². The molecule has 1 saturated carbocycles. The van der Waals surface area contributed by atoms with Crippen LogP contribution in [0.15, 0.2) is 53.9 Å². The van der Waals surface area contributed by atoms with Crippen LogP contribution >= 0.6 is 11.3 Å². The van der Waals surface area contributed by atoms with Gasteiger partial charge >= 0.3 is 16.3 Å². The Morgan fingerprint density at radius 1 is 1.04 bits per heavy atom. The summed E-state index contributed by atoms with van der Waals surface area (Å²) in [7, 11) is 1.59. The first kappa shape index (κ1) is 49.2. The van der Waals surface area contributed by atoms with Gasteiger partial charge in [-0.05, 0) is 90.1 Å². The van der Waals surface area contributed by atoms with Crippen molar-refractivity contribution in [3.8, 4) is 28.1 Å². The van der Waals surface area contributed by atoms with Gasteiger partial charge in [-0.1, -0.05) is 37.1 Å². The molecule has 7 rings (SSSR count). The molecule has 2 aromatic heterocycles. The van der Waals surface area contributed by atoms with E-state index in [4.69, 9.17) is 28.9 Å². The third kappa shape index (κ3) is 11.0. The van der Waals surface area contributed by atoms with Gasteiger partial charge < -0.3 is 34.5 Å². The number of carbonyl (C=O) groups excluding carboxylic acids is 4. The van der Waals surface area contributed by atoms with Gasteiger partial charge in [0.15, 0.2) is 11.5 Å². The van der Waals surface area contributed by atoms with Crippen LogP contribution in [-0.4, -0.2) is 120 Å². The van der Waals surface area contributed by atoms with Crippen molar-refractivity contribution < 1.29 is 46.5 Å². The van der Waals surface area contributed by atoms with Gasteiger partial charge in [0, 0.05) is 49.8 Å². The van der Waals surface area contributed by atoms with Crippen molar-refractivity contribution in [3.63, 3.8) is 0 Å². The molecule has 67 heavy (non-hydrogen) atoms. The number of fused-ring (bicyclic) bond motifs is 3. The minimum atomic E-state index is -4.20. The van der Waals surface area contributed by atoms with Crippen molar-refractivity contribution in [2.75, 3.05) is 34.9 Å². The molecule has 20 heteroatoms. The van der Waals surface area contributed by atoms with Gasteiger partial charge in [-0.3, -0.25) is 19.0 Å². The molecule has 3 N–H and O–H groups in total. The van der Waals surface area contributed by atoms with Crippen LogP contribution in [0.5, 0.6) is 17.5 Å². The Morgan fingerprint density at radius 3 is 2.51 bits per heavy atom. The number of amides is 4. The predicted molar refractivity (Wildman–Crippen MR) is 253 cm³/mol. The maximum Gasteiger partial charge on any atom is 0.408 e. The van der Waals surface area contributed by atoms with Crippen LogP contribution in [0.1, 0.15) is 96.9 Å².